The highest BCUT2D eigenvalue weighted by molar-refractivity contribution is 7.92. The molecule has 0 saturated heterocycles. The first-order valence-electron chi connectivity index (χ1n) is 8.63. The quantitative estimate of drug-likeness (QED) is 0.585. The van der Waals surface area contributed by atoms with Gasteiger partial charge >= 0.3 is 0 Å². The Morgan fingerprint density at radius 2 is 1.69 bits per heavy atom. The van der Waals surface area contributed by atoms with Crippen molar-refractivity contribution >= 4 is 38.9 Å². The molecule has 3 aromatic carbocycles. The van der Waals surface area contributed by atoms with E-state index in [0.717, 1.165) is 11.6 Å². The first-order chi connectivity index (χ1) is 13.7. The topological polar surface area (TPSA) is 75.3 Å². The minimum atomic E-state index is -3.90. The molecule has 0 saturated carbocycles. The molecule has 0 bridgehead atoms. The van der Waals surface area contributed by atoms with Crippen molar-refractivity contribution in [2.45, 2.75) is 18.7 Å². The third-order valence-corrected chi connectivity index (χ3v) is 6.00. The Morgan fingerprint density at radius 1 is 0.966 bits per heavy atom. The fraction of sp³-hybridized carbons (Fsp3) is 0.0952. The van der Waals surface area contributed by atoms with Crippen molar-refractivity contribution in [2.75, 3.05) is 10.0 Å². The van der Waals surface area contributed by atoms with Crippen molar-refractivity contribution in [3.8, 4) is 0 Å². The highest BCUT2D eigenvalue weighted by Gasteiger charge is 2.19. The van der Waals surface area contributed by atoms with Crippen LogP contribution < -0.4 is 10.0 Å². The Hall–Kier alpha value is -2.90. The van der Waals surface area contributed by atoms with Crippen molar-refractivity contribution in [1.82, 2.24) is 0 Å². The van der Waals surface area contributed by atoms with Crippen LogP contribution in [0.5, 0.6) is 0 Å². The van der Waals surface area contributed by atoms with E-state index >= 15 is 0 Å². The fourth-order valence-corrected chi connectivity index (χ4v) is 3.95. The van der Waals surface area contributed by atoms with Gasteiger partial charge in [0, 0.05) is 11.3 Å². The maximum absolute atomic E-state index is 13.6. The molecule has 29 heavy (non-hydrogen) atoms. The maximum atomic E-state index is 13.6. The van der Waals surface area contributed by atoms with Crippen LogP contribution in [-0.4, -0.2) is 14.3 Å². The highest BCUT2D eigenvalue weighted by atomic mass is 35.5. The van der Waals surface area contributed by atoms with Crippen LogP contribution in [0.2, 0.25) is 5.02 Å². The third kappa shape index (κ3) is 4.75. The molecule has 0 aliphatic carbocycles. The molecule has 0 aliphatic rings. The summed E-state index contributed by atoms with van der Waals surface area (Å²) in [6.07, 6.45) is 0. The van der Waals surface area contributed by atoms with Crippen molar-refractivity contribution in [2.24, 2.45) is 0 Å². The van der Waals surface area contributed by atoms with Crippen LogP contribution in [0.15, 0.2) is 65.6 Å². The summed E-state index contributed by atoms with van der Waals surface area (Å²) in [6, 6.07) is 15.1. The van der Waals surface area contributed by atoms with Gasteiger partial charge in [0.1, 0.15) is 5.82 Å². The Balaban J connectivity index is 1.89. The molecule has 3 rings (SSSR count). The summed E-state index contributed by atoms with van der Waals surface area (Å²) in [5.74, 6) is -1.22. The predicted molar refractivity (Wildman–Crippen MR) is 113 cm³/mol. The smallest absolute Gasteiger partial charge is 0.261 e. The normalized spacial score (nSPS) is 11.2. The number of rotatable bonds is 5. The van der Waals surface area contributed by atoms with Crippen LogP contribution >= 0.6 is 11.6 Å². The van der Waals surface area contributed by atoms with Crippen molar-refractivity contribution in [3.05, 3.63) is 88.2 Å². The van der Waals surface area contributed by atoms with E-state index in [-0.39, 0.29) is 21.2 Å². The number of hydrogen-bond acceptors (Lipinski definition) is 3. The van der Waals surface area contributed by atoms with E-state index in [1.165, 1.54) is 24.3 Å². The molecular formula is C21H18ClFN2O3S. The van der Waals surface area contributed by atoms with Gasteiger partial charge < -0.3 is 5.32 Å². The lowest BCUT2D eigenvalue weighted by Crippen LogP contribution is -2.17. The number of amides is 1. The summed E-state index contributed by atoms with van der Waals surface area (Å²) in [6.45, 7) is 3.47. The van der Waals surface area contributed by atoms with Crippen LogP contribution in [0.3, 0.4) is 0 Å². The second kappa shape index (κ2) is 8.23. The average molecular weight is 433 g/mol. The molecule has 0 fully saturated rings. The summed E-state index contributed by atoms with van der Waals surface area (Å²) in [4.78, 5) is 12.6. The van der Waals surface area contributed by atoms with Gasteiger partial charge in [0.15, 0.2) is 0 Å². The van der Waals surface area contributed by atoms with Crippen LogP contribution in [0.4, 0.5) is 15.8 Å². The zero-order valence-corrected chi connectivity index (χ0v) is 17.2. The molecule has 2 N–H and O–H groups in total. The second-order valence-electron chi connectivity index (χ2n) is 6.48. The first-order valence-corrected chi connectivity index (χ1v) is 10.5. The van der Waals surface area contributed by atoms with Gasteiger partial charge in [0.2, 0.25) is 0 Å². The molecule has 0 aliphatic heterocycles. The average Bonchev–Trinajstić information content (AvgIpc) is 2.66. The maximum Gasteiger partial charge on any atom is 0.261 e. The van der Waals surface area contributed by atoms with Crippen LogP contribution in [-0.2, 0) is 10.0 Å². The number of para-hydroxylation sites is 1. The lowest BCUT2D eigenvalue weighted by Gasteiger charge is -2.13. The van der Waals surface area contributed by atoms with E-state index in [4.69, 9.17) is 11.6 Å². The summed E-state index contributed by atoms with van der Waals surface area (Å²) >= 11 is 5.65. The van der Waals surface area contributed by atoms with Crippen molar-refractivity contribution in [1.29, 1.82) is 0 Å². The fourth-order valence-electron chi connectivity index (χ4n) is 2.68. The second-order valence-corrected chi connectivity index (χ2v) is 8.57. The van der Waals surface area contributed by atoms with Gasteiger partial charge in [-0.25, -0.2) is 12.8 Å². The largest absolute Gasteiger partial charge is 0.322 e. The standard InChI is InChI=1S/C21H18ClFN2O3S/c1-13-7-9-16(29(27,28)25-20-6-4-3-5-14(20)2)12-17(13)21(26)24-15-8-10-18(22)19(23)11-15/h3-12,25H,1-2H3,(H,24,26). The minimum absolute atomic E-state index is 0.0567. The Kier molecular flexibility index (Phi) is 5.91. The molecule has 8 heteroatoms. The lowest BCUT2D eigenvalue weighted by atomic mass is 10.1. The molecular weight excluding hydrogens is 415 g/mol. The van der Waals surface area contributed by atoms with E-state index < -0.39 is 21.7 Å². The number of hydrogen-bond donors (Lipinski definition) is 2. The first kappa shape index (κ1) is 20.8. The molecule has 0 unspecified atom stereocenters. The van der Waals surface area contributed by atoms with Gasteiger partial charge in [-0.05, 0) is 61.4 Å². The van der Waals surface area contributed by atoms with Gasteiger partial charge in [-0.3, -0.25) is 9.52 Å². The lowest BCUT2D eigenvalue weighted by molar-refractivity contribution is 0.102. The zero-order chi connectivity index (χ0) is 21.2. The van der Waals surface area contributed by atoms with E-state index in [1.807, 2.05) is 0 Å². The highest BCUT2D eigenvalue weighted by Crippen LogP contribution is 2.23. The molecule has 1 amide bonds. The number of halogens is 2. The van der Waals surface area contributed by atoms with Gasteiger partial charge in [0.05, 0.1) is 15.6 Å². The summed E-state index contributed by atoms with van der Waals surface area (Å²) in [5, 5.41) is 2.49. The number of aryl methyl sites for hydroxylation is 2. The summed E-state index contributed by atoms with van der Waals surface area (Å²) in [7, 11) is -3.90. The van der Waals surface area contributed by atoms with Crippen LogP contribution in [0.25, 0.3) is 0 Å². The van der Waals surface area contributed by atoms with E-state index in [1.54, 1.807) is 44.2 Å². The zero-order valence-electron chi connectivity index (χ0n) is 15.7. The van der Waals surface area contributed by atoms with Gasteiger partial charge in [-0.15, -0.1) is 0 Å². The molecule has 5 nitrogen and oxygen atoms in total. The predicted octanol–water partition coefficient (Wildman–Crippen LogP) is 5.15. The number of nitrogens with one attached hydrogen (secondary N) is 2. The van der Waals surface area contributed by atoms with E-state index in [9.17, 15) is 17.6 Å². The number of anilines is 2. The van der Waals surface area contributed by atoms with Crippen LogP contribution in [0.1, 0.15) is 21.5 Å². The van der Waals surface area contributed by atoms with Crippen molar-refractivity contribution < 1.29 is 17.6 Å². The number of sulfonamides is 1. The van der Waals surface area contributed by atoms with E-state index in [2.05, 4.69) is 10.0 Å². The van der Waals surface area contributed by atoms with Crippen molar-refractivity contribution in [3.63, 3.8) is 0 Å². The number of carbonyl (C=O) groups excluding carboxylic acids is 1. The van der Waals surface area contributed by atoms with Gasteiger partial charge in [-0.2, -0.15) is 0 Å². The molecule has 150 valence electrons. The van der Waals surface area contributed by atoms with Crippen LogP contribution in [0, 0.1) is 19.7 Å². The monoisotopic (exact) mass is 432 g/mol. The third-order valence-electron chi connectivity index (χ3n) is 4.33. The Bertz CT molecular complexity index is 1200. The van der Waals surface area contributed by atoms with Gasteiger partial charge in [0.25, 0.3) is 15.9 Å². The Morgan fingerprint density at radius 3 is 2.38 bits per heavy atom. The number of benzene rings is 3. The molecule has 0 radical (unpaired) electrons. The number of carbonyl (C=O) groups is 1. The Labute approximate surface area is 173 Å². The minimum Gasteiger partial charge on any atom is -0.322 e. The molecule has 0 aromatic heterocycles. The molecule has 3 aromatic rings. The molecule has 0 heterocycles. The van der Waals surface area contributed by atoms with E-state index in [0.29, 0.717) is 11.3 Å². The van der Waals surface area contributed by atoms with Gasteiger partial charge in [-0.1, -0.05) is 35.9 Å². The molecule has 0 spiro atoms. The summed E-state index contributed by atoms with van der Waals surface area (Å²) in [5.41, 5.74) is 2.17. The summed E-state index contributed by atoms with van der Waals surface area (Å²) < 4.78 is 41.7. The molecule has 0 atom stereocenters. The SMILES string of the molecule is Cc1ccccc1NS(=O)(=O)c1ccc(C)c(C(=O)Nc2ccc(Cl)c(F)c2)c1.